The summed E-state index contributed by atoms with van der Waals surface area (Å²) in [5.41, 5.74) is 5.88. The number of nitrogens with two attached hydrogens (primary N) is 1. The molecule has 17 heavy (non-hydrogen) atoms. The molecule has 1 rings (SSSR count). The zero-order chi connectivity index (χ0) is 12.8. The number of nitrogens with zero attached hydrogens (tertiary/aromatic N) is 1. The molecule has 1 amide bonds. The van der Waals surface area contributed by atoms with Crippen LogP contribution >= 0.6 is 0 Å². The van der Waals surface area contributed by atoms with E-state index in [-0.39, 0.29) is 5.56 Å². The molecule has 1 aromatic rings. The first kappa shape index (κ1) is 13.4. The van der Waals surface area contributed by atoms with E-state index in [4.69, 9.17) is 5.73 Å². The van der Waals surface area contributed by atoms with Crippen molar-refractivity contribution in [3.05, 3.63) is 29.6 Å². The van der Waals surface area contributed by atoms with Crippen LogP contribution in [0.5, 0.6) is 0 Å². The third-order valence-electron chi connectivity index (χ3n) is 2.55. The molecule has 0 heterocycles. The Bertz CT molecular complexity index is 395. The Morgan fingerprint density at radius 2 is 2.24 bits per heavy atom. The van der Waals surface area contributed by atoms with Crippen LogP contribution in [0.1, 0.15) is 17.3 Å². The van der Waals surface area contributed by atoms with Gasteiger partial charge < -0.3 is 16.0 Å². The summed E-state index contributed by atoms with van der Waals surface area (Å²) in [7, 11) is 1.95. The van der Waals surface area contributed by atoms with E-state index in [1.54, 1.807) is 0 Å². The molecule has 3 N–H and O–H groups in total. The molecule has 0 saturated heterocycles. The Kier molecular flexibility index (Phi) is 4.90. The summed E-state index contributed by atoms with van der Waals surface area (Å²) in [4.78, 5) is 13.7. The summed E-state index contributed by atoms with van der Waals surface area (Å²) in [5.74, 6) is -0.986. The molecule has 0 bridgehead atoms. The van der Waals surface area contributed by atoms with Gasteiger partial charge in [0.1, 0.15) is 5.82 Å². The number of hydrogen-bond acceptors (Lipinski definition) is 3. The molecule has 4 nitrogen and oxygen atoms in total. The molecule has 94 valence electrons. The molecule has 0 aliphatic rings. The van der Waals surface area contributed by atoms with Crippen LogP contribution in [0.2, 0.25) is 0 Å². The van der Waals surface area contributed by atoms with Gasteiger partial charge in [0.15, 0.2) is 0 Å². The number of hydrogen-bond donors (Lipinski definition) is 2. The van der Waals surface area contributed by atoms with Crippen molar-refractivity contribution in [2.45, 2.75) is 6.92 Å². The monoisotopic (exact) mass is 239 g/mol. The average Bonchev–Trinajstić information content (AvgIpc) is 2.31. The Morgan fingerprint density at radius 3 is 2.88 bits per heavy atom. The molecule has 0 fully saturated rings. The van der Waals surface area contributed by atoms with E-state index in [0.29, 0.717) is 12.2 Å². The number of carbonyl (C=O) groups is 1. The second-order valence-corrected chi connectivity index (χ2v) is 3.89. The highest BCUT2D eigenvalue weighted by Gasteiger charge is 2.11. The summed E-state index contributed by atoms with van der Waals surface area (Å²) >= 11 is 0. The quantitative estimate of drug-likeness (QED) is 0.756. The Labute approximate surface area is 101 Å². The molecule has 5 heteroatoms. The second kappa shape index (κ2) is 6.20. The number of likely N-dealkylation sites (N-methyl/N-ethyl adjacent to an activating group) is 1. The zero-order valence-electron chi connectivity index (χ0n) is 10.2. The van der Waals surface area contributed by atoms with Crippen LogP contribution in [-0.2, 0) is 0 Å². The van der Waals surface area contributed by atoms with Crippen molar-refractivity contribution in [1.29, 1.82) is 0 Å². The standard InChI is InChI=1S/C12H18FN3O/c1-3-16(2)7-6-15-12(17)10-8-9(14)4-5-11(10)13/h4-5,8H,3,6-7,14H2,1-2H3,(H,15,17). The third kappa shape index (κ3) is 4.03. The van der Waals surface area contributed by atoms with Crippen molar-refractivity contribution < 1.29 is 9.18 Å². The van der Waals surface area contributed by atoms with Crippen LogP contribution in [0.4, 0.5) is 10.1 Å². The van der Waals surface area contributed by atoms with Crippen LogP contribution in [0.25, 0.3) is 0 Å². The summed E-state index contributed by atoms with van der Waals surface area (Å²) < 4.78 is 13.3. The van der Waals surface area contributed by atoms with Crippen molar-refractivity contribution >= 4 is 11.6 Å². The minimum atomic E-state index is -0.555. The van der Waals surface area contributed by atoms with Gasteiger partial charge in [-0.1, -0.05) is 6.92 Å². The highest BCUT2D eigenvalue weighted by Crippen LogP contribution is 2.11. The van der Waals surface area contributed by atoms with Crippen LogP contribution in [0.3, 0.4) is 0 Å². The second-order valence-electron chi connectivity index (χ2n) is 3.89. The minimum absolute atomic E-state index is 0.0100. The number of benzene rings is 1. The molecule has 0 spiro atoms. The maximum atomic E-state index is 13.3. The molecule has 0 atom stereocenters. The predicted molar refractivity (Wildman–Crippen MR) is 66.3 cm³/mol. The fraction of sp³-hybridized carbons (Fsp3) is 0.417. The Balaban J connectivity index is 2.55. The number of anilines is 1. The summed E-state index contributed by atoms with van der Waals surface area (Å²) in [6.07, 6.45) is 0. The average molecular weight is 239 g/mol. The molecule has 0 radical (unpaired) electrons. The lowest BCUT2D eigenvalue weighted by Crippen LogP contribution is -2.33. The van der Waals surface area contributed by atoms with Crippen molar-refractivity contribution in [3.8, 4) is 0 Å². The summed E-state index contributed by atoms with van der Waals surface area (Å²) in [6.45, 7) is 4.14. The maximum absolute atomic E-state index is 13.3. The van der Waals surface area contributed by atoms with Gasteiger partial charge >= 0.3 is 0 Å². The van der Waals surface area contributed by atoms with Gasteiger partial charge in [0.25, 0.3) is 5.91 Å². The molecule has 0 aliphatic carbocycles. The Hall–Kier alpha value is -1.62. The number of rotatable bonds is 5. The van der Waals surface area contributed by atoms with E-state index >= 15 is 0 Å². The summed E-state index contributed by atoms with van der Waals surface area (Å²) in [6, 6.07) is 3.97. The van der Waals surface area contributed by atoms with Gasteiger partial charge in [-0.25, -0.2) is 4.39 Å². The number of halogens is 1. The van der Waals surface area contributed by atoms with Crippen LogP contribution in [-0.4, -0.2) is 37.5 Å². The van der Waals surface area contributed by atoms with Crippen molar-refractivity contribution in [2.24, 2.45) is 0 Å². The highest BCUT2D eigenvalue weighted by atomic mass is 19.1. The normalized spacial score (nSPS) is 10.6. The van der Waals surface area contributed by atoms with Gasteiger partial charge in [-0.05, 0) is 31.8 Å². The largest absolute Gasteiger partial charge is 0.399 e. The number of nitrogen functional groups attached to an aromatic ring is 1. The van der Waals surface area contributed by atoms with E-state index in [1.807, 2.05) is 14.0 Å². The molecule has 0 aromatic heterocycles. The molecule has 0 aliphatic heterocycles. The molecular weight excluding hydrogens is 221 g/mol. The first-order valence-electron chi connectivity index (χ1n) is 5.56. The van der Waals surface area contributed by atoms with E-state index in [2.05, 4.69) is 10.2 Å². The minimum Gasteiger partial charge on any atom is -0.399 e. The van der Waals surface area contributed by atoms with Crippen LogP contribution in [0, 0.1) is 5.82 Å². The summed E-state index contributed by atoms with van der Waals surface area (Å²) in [5, 5.41) is 2.66. The highest BCUT2D eigenvalue weighted by molar-refractivity contribution is 5.95. The van der Waals surface area contributed by atoms with Gasteiger partial charge in [-0.15, -0.1) is 0 Å². The third-order valence-corrected chi connectivity index (χ3v) is 2.55. The van der Waals surface area contributed by atoms with Gasteiger partial charge in [0, 0.05) is 18.8 Å². The fourth-order valence-electron chi connectivity index (χ4n) is 1.33. The van der Waals surface area contributed by atoms with E-state index in [1.165, 1.54) is 18.2 Å². The molecule has 0 saturated carbocycles. The van der Waals surface area contributed by atoms with Gasteiger partial charge in [-0.2, -0.15) is 0 Å². The number of carbonyl (C=O) groups excluding carboxylic acids is 1. The fourth-order valence-corrected chi connectivity index (χ4v) is 1.33. The smallest absolute Gasteiger partial charge is 0.254 e. The van der Waals surface area contributed by atoms with Crippen LogP contribution < -0.4 is 11.1 Å². The molecule has 1 aromatic carbocycles. The SMILES string of the molecule is CCN(C)CCNC(=O)c1cc(N)ccc1F. The van der Waals surface area contributed by atoms with E-state index in [0.717, 1.165) is 13.1 Å². The topological polar surface area (TPSA) is 58.4 Å². The first-order valence-corrected chi connectivity index (χ1v) is 5.56. The van der Waals surface area contributed by atoms with Gasteiger partial charge in [0.05, 0.1) is 5.56 Å². The Morgan fingerprint density at radius 1 is 1.53 bits per heavy atom. The van der Waals surface area contributed by atoms with E-state index in [9.17, 15) is 9.18 Å². The van der Waals surface area contributed by atoms with Gasteiger partial charge in [-0.3, -0.25) is 4.79 Å². The zero-order valence-corrected chi connectivity index (χ0v) is 10.2. The lowest BCUT2D eigenvalue weighted by atomic mass is 10.2. The lowest BCUT2D eigenvalue weighted by Gasteiger charge is -2.14. The van der Waals surface area contributed by atoms with Crippen molar-refractivity contribution in [2.75, 3.05) is 32.4 Å². The molecule has 0 unspecified atom stereocenters. The van der Waals surface area contributed by atoms with Crippen molar-refractivity contribution in [3.63, 3.8) is 0 Å². The number of nitrogens with one attached hydrogen (secondary N) is 1. The number of amides is 1. The first-order chi connectivity index (χ1) is 8.04. The van der Waals surface area contributed by atoms with E-state index < -0.39 is 11.7 Å². The van der Waals surface area contributed by atoms with Crippen molar-refractivity contribution in [1.82, 2.24) is 10.2 Å². The molecular formula is C12H18FN3O. The maximum Gasteiger partial charge on any atom is 0.254 e. The predicted octanol–water partition coefficient (Wildman–Crippen LogP) is 1.09. The lowest BCUT2D eigenvalue weighted by molar-refractivity contribution is 0.0946. The van der Waals surface area contributed by atoms with Crippen LogP contribution in [0.15, 0.2) is 18.2 Å². The van der Waals surface area contributed by atoms with Gasteiger partial charge in [0.2, 0.25) is 0 Å².